The van der Waals surface area contributed by atoms with Gasteiger partial charge in [-0.3, -0.25) is 14.7 Å². The molecule has 0 radical (unpaired) electrons. The van der Waals surface area contributed by atoms with E-state index in [9.17, 15) is 4.79 Å². The van der Waals surface area contributed by atoms with Gasteiger partial charge in [0.05, 0.1) is 4.91 Å². The van der Waals surface area contributed by atoms with Gasteiger partial charge in [0.25, 0.3) is 5.91 Å². The van der Waals surface area contributed by atoms with Crippen LogP contribution in [0.3, 0.4) is 0 Å². The van der Waals surface area contributed by atoms with E-state index in [0.29, 0.717) is 19.0 Å². The van der Waals surface area contributed by atoms with Crippen molar-refractivity contribution in [2.75, 3.05) is 25.0 Å². The maximum atomic E-state index is 12.8. The highest BCUT2D eigenvalue weighted by Gasteiger charge is 2.35. The van der Waals surface area contributed by atoms with E-state index in [4.69, 9.17) is 0 Å². The lowest BCUT2D eigenvalue weighted by atomic mass is 9.79. The van der Waals surface area contributed by atoms with Crippen molar-refractivity contribution in [1.29, 1.82) is 0 Å². The summed E-state index contributed by atoms with van der Waals surface area (Å²) < 4.78 is 0. The summed E-state index contributed by atoms with van der Waals surface area (Å²) in [6, 6.07) is 4.56. The summed E-state index contributed by atoms with van der Waals surface area (Å²) in [5, 5.41) is 0.821. The third kappa shape index (κ3) is 3.54. The minimum Gasteiger partial charge on any atom is -0.369 e. The molecule has 1 atom stereocenters. The van der Waals surface area contributed by atoms with Crippen molar-refractivity contribution in [1.82, 2.24) is 4.90 Å². The van der Waals surface area contributed by atoms with E-state index in [1.165, 1.54) is 28.6 Å². The molecular weight excluding hydrogens is 354 g/mol. The zero-order chi connectivity index (χ0) is 19.9. The monoisotopic (exact) mass is 385 g/mol. The van der Waals surface area contributed by atoms with Gasteiger partial charge < -0.3 is 4.90 Å². The Balaban J connectivity index is 2.02. The standard InChI is InChI=1S/C22H31N3OS/c1-8-23-21-25(9-2)20(26)19(27-21)12-16-11-17-15(4)13-22(5,6)24(7)18(17)10-14(16)3/h10-12,15H,8-9,13H2,1-7H3/b19-12-,23-21?/t15-/m0/s1. The number of anilines is 1. The number of benzene rings is 1. The number of hydrogen-bond acceptors (Lipinski definition) is 4. The smallest absolute Gasteiger partial charge is 0.266 e. The molecule has 1 aromatic rings. The lowest BCUT2D eigenvalue weighted by Crippen LogP contribution is -2.45. The number of thioether (sulfide) groups is 1. The Kier molecular flexibility index (Phi) is 5.44. The highest BCUT2D eigenvalue weighted by Crippen LogP contribution is 2.44. The third-order valence-corrected chi connectivity index (χ3v) is 6.85. The van der Waals surface area contributed by atoms with Crippen LogP contribution >= 0.6 is 11.8 Å². The predicted molar refractivity (Wildman–Crippen MR) is 118 cm³/mol. The van der Waals surface area contributed by atoms with Gasteiger partial charge in [-0.2, -0.15) is 0 Å². The number of amides is 1. The fourth-order valence-corrected chi connectivity index (χ4v) is 5.17. The van der Waals surface area contributed by atoms with E-state index in [-0.39, 0.29) is 11.4 Å². The van der Waals surface area contributed by atoms with Crippen LogP contribution in [0.15, 0.2) is 22.0 Å². The molecule has 5 heteroatoms. The first-order chi connectivity index (χ1) is 12.7. The molecule has 0 saturated carbocycles. The molecule has 0 spiro atoms. The summed E-state index contributed by atoms with van der Waals surface area (Å²) in [6.45, 7) is 14.4. The molecule has 0 aromatic heterocycles. The summed E-state index contributed by atoms with van der Waals surface area (Å²) in [6.07, 6.45) is 3.18. The first-order valence-corrected chi connectivity index (χ1v) is 10.7. The Bertz CT molecular complexity index is 825. The quantitative estimate of drug-likeness (QED) is 0.685. The van der Waals surface area contributed by atoms with Crippen LogP contribution < -0.4 is 4.90 Å². The van der Waals surface area contributed by atoms with Gasteiger partial charge in [0.2, 0.25) is 0 Å². The van der Waals surface area contributed by atoms with E-state index in [0.717, 1.165) is 22.1 Å². The Hall–Kier alpha value is -1.75. The van der Waals surface area contributed by atoms with Gasteiger partial charge in [-0.05, 0) is 93.6 Å². The van der Waals surface area contributed by atoms with Crippen molar-refractivity contribution in [2.45, 2.75) is 59.4 Å². The second-order valence-electron chi connectivity index (χ2n) is 8.16. The summed E-state index contributed by atoms with van der Waals surface area (Å²) in [5.74, 6) is 0.568. The second-order valence-corrected chi connectivity index (χ2v) is 9.17. The number of rotatable bonds is 3. The molecule has 0 bridgehead atoms. The van der Waals surface area contributed by atoms with Crippen molar-refractivity contribution in [3.05, 3.63) is 33.7 Å². The minimum atomic E-state index is 0.0677. The lowest BCUT2D eigenvalue weighted by Gasteiger charge is -2.45. The maximum absolute atomic E-state index is 12.8. The average molecular weight is 386 g/mol. The molecule has 1 aromatic carbocycles. The van der Waals surface area contributed by atoms with Gasteiger partial charge in [-0.25, -0.2) is 0 Å². The molecular formula is C22H31N3OS. The molecule has 1 amide bonds. The van der Waals surface area contributed by atoms with Crippen LogP contribution in [-0.4, -0.2) is 41.7 Å². The Morgan fingerprint density at radius 3 is 2.67 bits per heavy atom. The van der Waals surface area contributed by atoms with E-state index in [1.807, 2.05) is 13.8 Å². The fraction of sp³-hybridized carbons (Fsp3) is 0.545. The number of carbonyl (C=O) groups is 1. The lowest BCUT2D eigenvalue weighted by molar-refractivity contribution is -0.122. The number of amidine groups is 1. The molecule has 0 N–H and O–H groups in total. The molecule has 2 aliphatic rings. The van der Waals surface area contributed by atoms with Gasteiger partial charge >= 0.3 is 0 Å². The van der Waals surface area contributed by atoms with Crippen molar-refractivity contribution in [2.24, 2.45) is 4.99 Å². The number of carbonyl (C=O) groups excluding carboxylic acids is 1. The number of aliphatic imine (C=N–C) groups is 1. The number of likely N-dealkylation sites (N-methyl/N-ethyl adjacent to an activating group) is 1. The third-order valence-electron chi connectivity index (χ3n) is 5.81. The van der Waals surface area contributed by atoms with Crippen LogP contribution in [0.5, 0.6) is 0 Å². The van der Waals surface area contributed by atoms with Crippen molar-refractivity contribution >= 4 is 34.6 Å². The van der Waals surface area contributed by atoms with Crippen molar-refractivity contribution in [3.8, 4) is 0 Å². The highest BCUT2D eigenvalue weighted by molar-refractivity contribution is 8.18. The van der Waals surface area contributed by atoms with Gasteiger partial charge in [-0.15, -0.1) is 0 Å². The first-order valence-electron chi connectivity index (χ1n) is 9.83. The van der Waals surface area contributed by atoms with Gasteiger partial charge in [0.1, 0.15) is 0 Å². The van der Waals surface area contributed by atoms with Crippen molar-refractivity contribution < 1.29 is 4.79 Å². The van der Waals surface area contributed by atoms with Crippen LogP contribution in [0.1, 0.15) is 63.6 Å². The zero-order valence-corrected chi connectivity index (χ0v) is 18.4. The molecule has 2 heterocycles. The van der Waals surface area contributed by atoms with E-state index < -0.39 is 0 Å². The van der Waals surface area contributed by atoms with Crippen LogP contribution in [0.25, 0.3) is 6.08 Å². The molecule has 1 saturated heterocycles. The van der Waals surface area contributed by atoms with Crippen LogP contribution in [-0.2, 0) is 4.79 Å². The first kappa shape index (κ1) is 20.0. The highest BCUT2D eigenvalue weighted by atomic mass is 32.2. The maximum Gasteiger partial charge on any atom is 0.266 e. The Morgan fingerprint density at radius 1 is 1.33 bits per heavy atom. The van der Waals surface area contributed by atoms with E-state index >= 15 is 0 Å². The predicted octanol–water partition coefficient (Wildman–Crippen LogP) is 5.03. The molecule has 1 fully saturated rings. The Morgan fingerprint density at radius 2 is 2.04 bits per heavy atom. The molecule has 27 heavy (non-hydrogen) atoms. The van der Waals surface area contributed by atoms with Gasteiger partial charge in [0.15, 0.2) is 5.17 Å². The van der Waals surface area contributed by atoms with Crippen LogP contribution in [0, 0.1) is 6.92 Å². The number of hydrogen-bond donors (Lipinski definition) is 0. The van der Waals surface area contributed by atoms with Crippen molar-refractivity contribution in [3.63, 3.8) is 0 Å². The average Bonchev–Trinajstić information content (AvgIpc) is 2.89. The van der Waals surface area contributed by atoms with Gasteiger partial charge in [0, 0.05) is 31.4 Å². The summed E-state index contributed by atoms with van der Waals surface area (Å²) in [4.78, 5) is 22.2. The molecule has 0 unspecified atom stereocenters. The van der Waals surface area contributed by atoms with E-state index in [2.05, 4.69) is 62.8 Å². The summed E-state index contributed by atoms with van der Waals surface area (Å²) in [5.41, 5.74) is 5.18. The zero-order valence-electron chi connectivity index (χ0n) is 17.6. The van der Waals surface area contributed by atoms with E-state index in [1.54, 1.807) is 4.90 Å². The fourth-order valence-electron chi connectivity index (χ4n) is 4.07. The largest absolute Gasteiger partial charge is 0.369 e. The molecule has 0 aliphatic carbocycles. The minimum absolute atomic E-state index is 0.0677. The Labute approximate surface area is 167 Å². The molecule has 3 rings (SSSR count). The molecule has 146 valence electrons. The SMILES string of the molecule is CCN=C1S/C(=C\c2cc3c(cc2C)N(C)C(C)(C)C[C@@H]3C)C(=O)N1CC. The normalized spacial score (nSPS) is 24.9. The van der Waals surface area contributed by atoms with Crippen LogP contribution in [0.2, 0.25) is 0 Å². The number of nitrogens with zero attached hydrogens (tertiary/aromatic N) is 3. The van der Waals surface area contributed by atoms with Crippen LogP contribution in [0.4, 0.5) is 5.69 Å². The summed E-state index contributed by atoms with van der Waals surface area (Å²) in [7, 11) is 2.19. The second kappa shape index (κ2) is 7.34. The topological polar surface area (TPSA) is 35.9 Å². The number of aryl methyl sites for hydroxylation is 1. The number of fused-ring (bicyclic) bond motifs is 1. The van der Waals surface area contributed by atoms with Gasteiger partial charge in [-0.1, -0.05) is 6.92 Å². The molecule has 4 nitrogen and oxygen atoms in total. The molecule has 2 aliphatic heterocycles. The summed E-state index contributed by atoms with van der Waals surface area (Å²) >= 11 is 1.50.